The Morgan fingerprint density at radius 1 is 0.423 bits per heavy atom. The maximum Gasteiger partial charge on any atom is 0.0898 e. The Balaban J connectivity index is 1.79. The molecule has 3 rings (SSSR count). The van der Waals surface area contributed by atoms with E-state index in [2.05, 4.69) is 20.5 Å². The largest absolute Gasteiger partial charge is 0.399 e. The third kappa shape index (κ3) is 4.54. The molecule has 3 aromatic rings. The van der Waals surface area contributed by atoms with Crippen LogP contribution in [0.2, 0.25) is 0 Å². The van der Waals surface area contributed by atoms with Gasteiger partial charge in [0.25, 0.3) is 0 Å². The SMILES string of the molecule is Nc1cc(N)cc(N=Nc2cccc(N=Nc3cc(N)cc(N)c3)c2)c1. The summed E-state index contributed by atoms with van der Waals surface area (Å²) in [6, 6.07) is 17.2. The van der Waals surface area contributed by atoms with Gasteiger partial charge in [0.15, 0.2) is 0 Å². The molecule has 0 aromatic heterocycles. The van der Waals surface area contributed by atoms with E-state index in [4.69, 9.17) is 22.9 Å². The van der Waals surface area contributed by atoms with Crippen LogP contribution in [0.1, 0.15) is 0 Å². The zero-order chi connectivity index (χ0) is 18.5. The summed E-state index contributed by atoms with van der Waals surface area (Å²) in [5.74, 6) is 0. The Hall–Kier alpha value is -3.94. The number of anilines is 4. The van der Waals surface area contributed by atoms with Crippen LogP contribution in [-0.2, 0) is 0 Å². The fraction of sp³-hybridized carbons (Fsp3) is 0. The molecule has 0 heterocycles. The number of hydrogen-bond donors (Lipinski definition) is 4. The number of nitrogens with zero attached hydrogens (tertiary/aromatic N) is 4. The van der Waals surface area contributed by atoms with Crippen LogP contribution in [0.4, 0.5) is 45.5 Å². The lowest BCUT2D eigenvalue weighted by molar-refractivity contribution is 1.21. The van der Waals surface area contributed by atoms with Crippen molar-refractivity contribution in [1.82, 2.24) is 0 Å². The van der Waals surface area contributed by atoms with Crippen LogP contribution in [-0.4, -0.2) is 0 Å². The first kappa shape index (κ1) is 16.9. The molecule has 0 aliphatic heterocycles. The molecule has 0 radical (unpaired) electrons. The van der Waals surface area contributed by atoms with Gasteiger partial charge in [-0.3, -0.25) is 0 Å². The van der Waals surface area contributed by atoms with E-state index in [9.17, 15) is 0 Å². The van der Waals surface area contributed by atoms with Gasteiger partial charge >= 0.3 is 0 Å². The lowest BCUT2D eigenvalue weighted by atomic mass is 10.2. The minimum absolute atomic E-state index is 0.530. The molecule has 130 valence electrons. The van der Waals surface area contributed by atoms with Crippen molar-refractivity contribution in [2.45, 2.75) is 0 Å². The van der Waals surface area contributed by atoms with Gasteiger partial charge in [-0.2, -0.15) is 20.5 Å². The lowest BCUT2D eigenvalue weighted by Gasteiger charge is -2.00. The molecule has 26 heavy (non-hydrogen) atoms. The van der Waals surface area contributed by atoms with Gasteiger partial charge in [0.1, 0.15) is 0 Å². The summed E-state index contributed by atoms with van der Waals surface area (Å²) in [5.41, 5.74) is 27.5. The second kappa shape index (κ2) is 7.31. The highest BCUT2D eigenvalue weighted by molar-refractivity contribution is 5.62. The molecule has 0 saturated heterocycles. The van der Waals surface area contributed by atoms with Crippen molar-refractivity contribution in [3.8, 4) is 0 Å². The fourth-order valence-corrected chi connectivity index (χ4v) is 2.28. The standard InChI is InChI=1S/C18H18N8/c19-11-4-12(20)7-17(6-11)25-23-15-2-1-3-16(10-15)24-26-18-8-13(21)5-14(22)9-18/h1-10H,19-22H2. The molecule has 0 unspecified atom stereocenters. The summed E-state index contributed by atoms with van der Waals surface area (Å²) >= 11 is 0. The molecular formula is C18H18N8. The van der Waals surface area contributed by atoms with Crippen LogP contribution in [0.15, 0.2) is 81.1 Å². The second-order valence-electron chi connectivity index (χ2n) is 5.64. The summed E-state index contributed by atoms with van der Waals surface area (Å²) in [4.78, 5) is 0. The van der Waals surface area contributed by atoms with Gasteiger partial charge in [0.05, 0.1) is 22.7 Å². The molecule has 0 saturated carbocycles. The van der Waals surface area contributed by atoms with E-state index in [1.807, 2.05) is 6.07 Å². The minimum atomic E-state index is 0.530. The number of benzene rings is 3. The number of hydrogen-bond acceptors (Lipinski definition) is 8. The van der Waals surface area contributed by atoms with Crippen molar-refractivity contribution in [1.29, 1.82) is 0 Å². The monoisotopic (exact) mass is 346 g/mol. The van der Waals surface area contributed by atoms with Crippen molar-refractivity contribution in [3.05, 3.63) is 60.7 Å². The summed E-state index contributed by atoms with van der Waals surface area (Å²) in [7, 11) is 0. The quantitative estimate of drug-likeness (QED) is 0.394. The van der Waals surface area contributed by atoms with Crippen LogP contribution in [0, 0.1) is 0 Å². The van der Waals surface area contributed by atoms with E-state index >= 15 is 0 Å². The smallest absolute Gasteiger partial charge is 0.0898 e. The maximum atomic E-state index is 5.74. The third-order valence-corrected chi connectivity index (χ3v) is 3.32. The molecule has 8 nitrogen and oxygen atoms in total. The average Bonchev–Trinajstić information content (AvgIpc) is 2.57. The van der Waals surface area contributed by atoms with Crippen molar-refractivity contribution in [2.24, 2.45) is 20.5 Å². The second-order valence-corrected chi connectivity index (χ2v) is 5.64. The minimum Gasteiger partial charge on any atom is -0.399 e. The van der Waals surface area contributed by atoms with E-state index in [-0.39, 0.29) is 0 Å². The number of nitrogen functional groups attached to an aromatic ring is 4. The van der Waals surface area contributed by atoms with Gasteiger partial charge in [-0.05, 0) is 54.6 Å². The Bertz CT molecular complexity index is 877. The molecule has 8 heteroatoms. The normalized spacial score (nSPS) is 11.4. The van der Waals surface area contributed by atoms with Crippen molar-refractivity contribution < 1.29 is 0 Å². The Labute approximate surface area is 150 Å². The molecule has 0 bridgehead atoms. The van der Waals surface area contributed by atoms with E-state index in [0.717, 1.165) is 0 Å². The zero-order valence-corrected chi connectivity index (χ0v) is 13.9. The van der Waals surface area contributed by atoms with Gasteiger partial charge in [-0.15, -0.1) is 0 Å². The molecule has 0 aliphatic carbocycles. The van der Waals surface area contributed by atoms with Gasteiger partial charge in [-0.1, -0.05) is 6.07 Å². The summed E-state index contributed by atoms with van der Waals surface area (Å²) in [6.07, 6.45) is 0. The Morgan fingerprint density at radius 3 is 1.15 bits per heavy atom. The Kier molecular flexibility index (Phi) is 4.75. The van der Waals surface area contributed by atoms with Crippen molar-refractivity contribution >= 4 is 45.5 Å². The molecule has 0 aliphatic rings. The van der Waals surface area contributed by atoms with Crippen molar-refractivity contribution in [2.75, 3.05) is 22.9 Å². The topological polar surface area (TPSA) is 154 Å². The molecule has 8 N–H and O–H groups in total. The maximum absolute atomic E-state index is 5.74. The highest BCUT2D eigenvalue weighted by Crippen LogP contribution is 2.27. The van der Waals surface area contributed by atoms with Crippen LogP contribution in [0.3, 0.4) is 0 Å². The molecule has 0 atom stereocenters. The molecular weight excluding hydrogens is 328 g/mol. The predicted octanol–water partition coefficient (Wildman–Crippen LogP) is 4.85. The predicted molar refractivity (Wildman–Crippen MR) is 105 cm³/mol. The van der Waals surface area contributed by atoms with E-state index in [0.29, 0.717) is 45.5 Å². The molecule has 3 aromatic carbocycles. The first-order valence-electron chi connectivity index (χ1n) is 7.73. The van der Waals surface area contributed by atoms with Crippen LogP contribution < -0.4 is 22.9 Å². The van der Waals surface area contributed by atoms with E-state index < -0.39 is 0 Å². The van der Waals surface area contributed by atoms with Crippen molar-refractivity contribution in [3.63, 3.8) is 0 Å². The molecule has 0 amide bonds. The van der Waals surface area contributed by atoms with E-state index in [1.165, 1.54) is 0 Å². The van der Waals surface area contributed by atoms with Gasteiger partial charge < -0.3 is 22.9 Å². The molecule has 0 spiro atoms. The highest BCUT2D eigenvalue weighted by Gasteiger charge is 1.98. The lowest BCUT2D eigenvalue weighted by Crippen LogP contribution is -1.88. The summed E-state index contributed by atoms with van der Waals surface area (Å²) < 4.78 is 0. The van der Waals surface area contributed by atoms with E-state index in [1.54, 1.807) is 54.6 Å². The van der Waals surface area contributed by atoms with Crippen LogP contribution in [0.25, 0.3) is 0 Å². The first-order valence-corrected chi connectivity index (χ1v) is 7.73. The van der Waals surface area contributed by atoms with Gasteiger partial charge in [0.2, 0.25) is 0 Å². The summed E-state index contributed by atoms with van der Waals surface area (Å²) in [5, 5.41) is 16.6. The highest BCUT2D eigenvalue weighted by atomic mass is 15.1. The number of azo groups is 2. The number of nitrogens with two attached hydrogens (primary N) is 4. The van der Waals surface area contributed by atoms with Crippen LogP contribution in [0.5, 0.6) is 0 Å². The Morgan fingerprint density at radius 2 is 0.769 bits per heavy atom. The van der Waals surface area contributed by atoms with Gasteiger partial charge in [0, 0.05) is 22.7 Å². The third-order valence-electron chi connectivity index (χ3n) is 3.32. The summed E-state index contributed by atoms with van der Waals surface area (Å²) in [6.45, 7) is 0. The average molecular weight is 346 g/mol. The van der Waals surface area contributed by atoms with Gasteiger partial charge in [-0.25, -0.2) is 0 Å². The fourth-order valence-electron chi connectivity index (χ4n) is 2.28. The zero-order valence-electron chi connectivity index (χ0n) is 13.9. The first-order chi connectivity index (χ1) is 12.5. The molecule has 0 fully saturated rings. The number of rotatable bonds is 4. The van der Waals surface area contributed by atoms with Crippen LogP contribution >= 0.6 is 0 Å².